The van der Waals surface area contributed by atoms with Gasteiger partial charge in [-0.25, -0.2) is 4.39 Å². The van der Waals surface area contributed by atoms with Crippen molar-refractivity contribution in [3.8, 4) is 5.75 Å². The summed E-state index contributed by atoms with van der Waals surface area (Å²) < 4.78 is 24.0. The van der Waals surface area contributed by atoms with Gasteiger partial charge < -0.3 is 14.8 Å². The highest BCUT2D eigenvalue weighted by Crippen LogP contribution is 2.37. The van der Waals surface area contributed by atoms with E-state index in [2.05, 4.69) is 5.32 Å². The van der Waals surface area contributed by atoms with E-state index in [1.165, 1.54) is 31.1 Å². The summed E-state index contributed by atoms with van der Waals surface area (Å²) in [5.41, 5.74) is 0.237. The van der Waals surface area contributed by atoms with Crippen molar-refractivity contribution in [3.63, 3.8) is 0 Å². The molecular formula is C22H23FN2O5. The van der Waals surface area contributed by atoms with Crippen LogP contribution in [0.3, 0.4) is 0 Å². The van der Waals surface area contributed by atoms with E-state index >= 15 is 0 Å². The van der Waals surface area contributed by atoms with Gasteiger partial charge in [0.1, 0.15) is 5.54 Å². The minimum absolute atomic E-state index is 0.0694. The molecule has 158 valence electrons. The van der Waals surface area contributed by atoms with E-state index in [-0.39, 0.29) is 18.1 Å². The Labute approximate surface area is 173 Å². The third kappa shape index (κ3) is 3.98. The molecule has 0 saturated heterocycles. The van der Waals surface area contributed by atoms with Crippen molar-refractivity contribution in [2.24, 2.45) is 0 Å². The van der Waals surface area contributed by atoms with Gasteiger partial charge in [0.15, 0.2) is 17.7 Å². The molecular weight excluding hydrogens is 391 g/mol. The zero-order valence-electron chi connectivity index (χ0n) is 17.2. The lowest BCUT2D eigenvalue weighted by Crippen LogP contribution is -2.60. The minimum Gasteiger partial charge on any atom is -0.494 e. The van der Waals surface area contributed by atoms with Crippen LogP contribution in [0.25, 0.3) is 0 Å². The third-order valence-corrected chi connectivity index (χ3v) is 4.95. The van der Waals surface area contributed by atoms with Gasteiger partial charge in [-0.1, -0.05) is 18.2 Å². The summed E-state index contributed by atoms with van der Waals surface area (Å²) in [4.78, 5) is 39.3. The molecule has 0 fully saturated rings. The van der Waals surface area contributed by atoms with Gasteiger partial charge in [-0.2, -0.15) is 0 Å². The molecule has 0 saturated carbocycles. The molecule has 0 spiro atoms. The van der Waals surface area contributed by atoms with Crippen LogP contribution in [-0.4, -0.2) is 36.5 Å². The Bertz CT molecular complexity index is 1000. The summed E-state index contributed by atoms with van der Waals surface area (Å²) in [5, 5.41) is 2.78. The first-order valence-electron chi connectivity index (χ1n) is 9.41. The SMILES string of the molecule is COc1ccc(CC(=O)O[C@@H](C)C(=O)N2c3ccccc3NC(=O)C2(C)C)cc1F. The van der Waals surface area contributed by atoms with E-state index in [0.717, 1.165) is 0 Å². The first-order chi connectivity index (χ1) is 14.1. The number of halogens is 1. The van der Waals surface area contributed by atoms with Crippen molar-refractivity contribution in [1.29, 1.82) is 0 Å². The molecule has 0 radical (unpaired) electrons. The number of benzene rings is 2. The lowest BCUT2D eigenvalue weighted by atomic mass is 9.95. The minimum atomic E-state index is -1.18. The number of ether oxygens (including phenoxy) is 2. The number of carbonyl (C=O) groups excluding carboxylic acids is 3. The van der Waals surface area contributed by atoms with Crippen molar-refractivity contribution in [1.82, 2.24) is 0 Å². The number of hydrogen-bond donors (Lipinski definition) is 1. The third-order valence-electron chi connectivity index (χ3n) is 4.95. The largest absolute Gasteiger partial charge is 0.494 e. The maximum absolute atomic E-state index is 13.8. The van der Waals surface area contributed by atoms with Gasteiger partial charge in [-0.3, -0.25) is 19.3 Å². The summed E-state index contributed by atoms with van der Waals surface area (Å²) in [6.07, 6.45) is -1.35. The Balaban J connectivity index is 1.75. The van der Waals surface area contributed by atoms with E-state index in [1.807, 2.05) is 0 Å². The van der Waals surface area contributed by atoms with Crippen LogP contribution in [0.2, 0.25) is 0 Å². The monoisotopic (exact) mass is 414 g/mol. The molecule has 1 aliphatic rings. The Hall–Kier alpha value is -3.42. The maximum Gasteiger partial charge on any atom is 0.311 e. The summed E-state index contributed by atoms with van der Waals surface area (Å²) in [7, 11) is 1.35. The second-order valence-electron chi connectivity index (χ2n) is 7.48. The van der Waals surface area contributed by atoms with E-state index in [9.17, 15) is 18.8 Å². The summed E-state index contributed by atoms with van der Waals surface area (Å²) >= 11 is 0. The van der Waals surface area contributed by atoms with Gasteiger partial charge in [-0.05, 0) is 50.6 Å². The summed E-state index contributed by atoms with van der Waals surface area (Å²) in [5.74, 6) is -2.09. The first kappa shape index (κ1) is 21.3. The number of esters is 1. The fraction of sp³-hybridized carbons (Fsp3) is 0.318. The van der Waals surface area contributed by atoms with Gasteiger partial charge >= 0.3 is 5.97 Å². The average molecular weight is 414 g/mol. The molecule has 0 aromatic heterocycles. The lowest BCUT2D eigenvalue weighted by molar-refractivity contribution is -0.153. The fourth-order valence-electron chi connectivity index (χ4n) is 3.30. The predicted octanol–water partition coefficient (Wildman–Crippen LogP) is 3.07. The molecule has 0 bridgehead atoms. The molecule has 3 rings (SSSR count). The number of amides is 2. The normalized spacial score (nSPS) is 15.6. The quantitative estimate of drug-likeness (QED) is 0.760. The molecule has 2 amide bonds. The van der Waals surface area contributed by atoms with E-state index < -0.39 is 29.3 Å². The second-order valence-corrected chi connectivity index (χ2v) is 7.48. The number of rotatable bonds is 5. The lowest BCUT2D eigenvalue weighted by Gasteiger charge is -2.42. The van der Waals surface area contributed by atoms with Crippen LogP contribution < -0.4 is 15.0 Å². The fourth-order valence-corrected chi connectivity index (χ4v) is 3.30. The summed E-state index contributed by atoms with van der Waals surface area (Å²) in [6, 6.07) is 11.0. The number of carbonyl (C=O) groups is 3. The highest BCUT2D eigenvalue weighted by atomic mass is 19.1. The van der Waals surface area contributed by atoms with Gasteiger partial charge in [0.2, 0.25) is 5.91 Å². The number of hydrogen-bond acceptors (Lipinski definition) is 5. The van der Waals surface area contributed by atoms with Gasteiger partial charge in [0, 0.05) is 0 Å². The molecule has 2 aromatic rings. The van der Waals surface area contributed by atoms with Gasteiger partial charge in [0.05, 0.1) is 24.9 Å². The molecule has 1 heterocycles. The standard InChI is InChI=1S/C22H23FN2O5/c1-13(30-19(26)12-14-9-10-18(29-4)15(23)11-14)20(27)25-17-8-6-5-7-16(17)24-21(28)22(25,2)3/h5-11,13H,12H2,1-4H3,(H,24,28)/t13-/m0/s1. The zero-order chi connectivity index (χ0) is 22.1. The Morgan fingerprint density at radius 1 is 1.20 bits per heavy atom. The molecule has 8 heteroatoms. The van der Waals surface area contributed by atoms with Crippen LogP contribution >= 0.6 is 0 Å². The molecule has 1 N–H and O–H groups in total. The Morgan fingerprint density at radius 3 is 2.57 bits per heavy atom. The van der Waals surface area contributed by atoms with Gasteiger partial charge in [-0.15, -0.1) is 0 Å². The van der Waals surface area contributed by atoms with Crippen LogP contribution in [0, 0.1) is 5.82 Å². The number of fused-ring (bicyclic) bond motifs is 1. The van der Waals surface area contributed by atoms with Crippen LogP contribution in [0.5, 0.6) is 5.75 Å². The van der Waals surface area contributed by atoms with Gasteiger partial charge in [0.25, 0.3) is 5.91 Å². The molecule has 30 heavy (non-hydrogen) atoms. The van der Waals surface area contributed by atoms with Crippen molar-refractivity contribution in [3.05, 3.63) is 53.8 Å². The number of methoxy groups -OCH3 is 1. The van der Waals surface area contributed by atoms with Crippen LogP contribution in [-0.2, 0) is 25.5 Å². The average Bonchev–Trinajstić information content (AvgIpc) is 2.68. The number of para-hydroxylation sites is 2. The zero-order valence-corrected chi connectivity index (χ0v) is 17.2. The van der Waals surface area contributed by atoms with Crippen LogP contribution in [0.4, 0.5) is 15.8 Å². The smallest absolute Gasteiger partial charge is 0.311 e. The van der Waals surface area contributed by atoms with Crippen molar-refractivity contribution in [2.45, 2.75) is 38.8 Å². The highest BCUT2D eigenvalue weighted by Gasteiger charge is 2.45. The van der Waals surface area contributed by atoms with E-state index in [1.54, 1.807) is 44.2 Å². The van der Waals surface area contributed by atoms with E-state index in [0.29, 0.717) is 16.9 Å². The van der Waals surface area contributed by atoms with Crippen molar-refractivity contribution < 1.29 is 28.2 Å². The van der Waals surface area contributed by atoms with Crippen molar-refractivity contribution in [2.75, 3.05) is 17.3 Å². The van der Waals surface area contributed by atoms with Crippen molar-refractivity contribution >= 4 is 29.2 Å². The number of nitrogens with one attached hydrogen (secondary N) is 1. The van der Waals surface area contributed by atoms with Crippen LogP contribution in [0.15, 0.2) is 42.5 Å². The highest BCUT2D eigenvalue weighted by molar-refractivity contribution is 6.15. The predicted molar refractivity (Wildman–Crippen MR) is 109 cm³/mol. The number of anilines is 2. The maximum atomic E-state index is 13.8. The molecule has 1 aliphatic heterocycles. The first-order valence-corrected chi connectivity index (χ1v) is 9.41. The van der Waals surface area contributed by atoms with E-state index in [4.69, 9.17) is 9.47 Å². The topological polar surface area (TPSA) is 84.9 Å². The number of nitrogens with zero attached hydrogens (tertiary/aromatic N) is 1. The molecule has 1 atom stereocenters. The molecule has 7 nitrogen and oxygen atoms in total. The molecule has 0 unspecified atom stereocenters. The molecule has 2 aromatic carbocycles. The summed E-state index contributed by atoms with van der Waals surface area (Å²) in [6.45, 7) is 4.68. The van der Waals surface area contributed by atoms with Crippen LogP contribution in [0.1, 0.15) is 26.3 Å². The molecule has 0 aliphatic carbocycles. The second kappa shape index (κ2) is 8.14. The Morgan fingerprint density at radius 2 is 1.90 bits per heavy atom. The Kier molecular flexibility index (Phi) is 5.78.